The summed E-state index contributed by atoms with van der Waals surface area (Å²) >= 11 is 0. The molecule has 5 nitrogen and oxygen atoms in total. The maximum atomic E-state index is 7.20. The molecule has 5 N–H and O–H groups in total. The lowest BCUT2D eigenvalue weighted by Gasteiger charge is -2.31. The number of hydrogen-bond acceptors (Lipinski definition) is 3. The molecule has 0 radical (unpaired) electrons. The van der Waals surface area contributed by atoms with Crippen LogP contribution in [0.25, 0.3) is 0 Å². The van der Waals surface area contributed by atoms with Crippen LogP contribution >= 0.6 is 0 Å². The van der Waals surface area contributed by atoms with Gasteiger partial charge in [-0.1, -0.05) is 0 Å². The molecule has 1 fully saturated rings. The van der Waals surface area contributed by atoms with Gasteiger partial charge in [0.2, 0.25) is 5.96 Å². The Balaban J connectivity index is 2.52. The summed E-state index contributed by atoms with van der Waals surface area (Å²) in [5.74, 6) is 10.9. The minimum absolute atomic E-state index is 0.196. The molecule has 0 aliphatic carbocycles. The van der Waals surface area contributed by atoms with Crippen molar-refractivity contribution in [2.24, 2.45) is 11.7 Å². The van der Waals surface area contributed by atoms with E-state index >= 15 is 0 Å². The third kappa shape index (κ3) is 1.11. The Morgan fingerprint density at radius 3 is 2.00 bits per heavy atom. The van der Waals surface area contributed by atoms with Crippen molar-refractivity contribution in [2.45, 2.75) is 6.42 Å². The summed E-state index contributed by atoms with van der Waals surface area (Å²) in [4.78, 5) is 0. The fourth-order valence-corrected chi connectivity index (χ4v) is 0.788. The van der Waals surface area contributed by atoms with E-state index in [2.05, 4.69) is 0 Å². The highest BCUT2D eigenvalue weighted by molar-refractivity contribution is 5.76. The highest BCUT2D eigenvalue weighted by atomic mass is 15.6. The van der Waals surface area contributed by atoms with Crippen molar-refractivity contribution in [3.8, 4) is 0 Å². The van der Waals surface area contributed by atoms with Gasteiger partial charge >= 0.3 is 0 Å². The van der Waals surface area contributed by atoms with Crippen LogP contribution in [0.5, 0.6) is 0 Å². The second-order valence-electron chi connectivity index (χ2n) is 2.06. The molecule has 0 saturated carbocycles. The van der Waals surface area contributed by atoms with Crippen LogP contribution in [0.2, 0.25) is 0 Å². The van der Waals surface area contributed by atoms with Crippen LogP contribution in [0, 0.1) is 5.41 Å². The third-order valence-corrected chi connectivity index (χ3v) is 1.34. The number of hydrazine groups is 2. The Labute approximate surface area is 53.7 Å². The van der Waals surface area contributed by atoms with Crippen molar-refractivity contribution in [2.75, 3.05) is 13.1 Å². The topological polar surface area (TPSA) is 82.4 Å². The molecule has 1 rings (SSSR count). The molecule has 9 heavy (non-hydrogen) atoms. The van der Waals surface area contributed by atoms with Gasteiger partial charge < -0.3 is 0 Å². The molecule has 0 spiro atoms. The van der Waals surface area contributed by atoms with E-state index in [1.165, 1.54) is 10.0 Å². The summed E-state index contributed by atoms with van der Waals surface area (Å²) < 4.78 is 0. The fourth-order valence-electron chi connectivity index (χ4n) is 0.788. The quantitative estimate of drug-likeness (QED) is 0.354. The van der Waals surface area contributed by atoms with Gasteiger partial charge in [-0.3, -0.25) is 15.4 Å². The summed E-state index contributed by atoms with van der Waals surface area (Å²) in [7, 11) is 0. The van der Waals surface area contributed by atoms with Gasteiger partial charge in [-0.2, -0.15) is 0 Å². The molecule has 0 aromatic heterocycles. The largest absolute Gasteiger partial charge is 0.280 e. The smallest absolute Gasteiger partial charge is 0.222 e. The molecular formula is C4H11N5. The lowest BCUT2D eigenvalue weighted by molar-refractivity contribution is 0.262. The predicted octanol–water partition coefficient (Wildman–Crippen LogP) is -1.32. The molecule has 1 aliphatic rings. The van der Waals surface area contributed by atoms with Crippen LogP contribution in [-0.2, 0) is 0 Å². The summed E-state index contributed by atoms with van der Waals surface area (Å²) in [6.45, 7) is 1.46. The maximum Gasteiger partial charge on any atom is 0.222 e. The van der Waals surface area contributed by atoms with Crippen LogP contribution < -0.4 is 11.7 Å². The van der Waals surface area contributed by atoms with Crippen LogP contribution in [0.3, 0.4) is 0 Å². The van der Waals surface area contributed by atoms with E-state index in [9.17, 15) is 0 Å². The summed E-state index contributed by atoms with van der Waals surface area (Å²) in [6.07, 6.45) is 0.926. The van der Waals surface area contributed by atoms with E-state index in [0.29, 0.717) is 0 Å². The number of rotatable bonds is 0. The molecule has 0 amide bonds. The molecule has 0 aromatic rings. The number of hydrogen-bond donors (Lipinski definition) is 3. The van der Waals surface area contributed by atoms with Gasteiger partial charge in [0.1, 0.15) is 0 Å². The van der Waals surface area contributed by atoms with Crippen molar-refractivity contribution in [3.05, 3.63) is 0 Å². The van der Waals surface area contributed by atoms with Gasteiger partial charge in [0.25, 0.3) is 0 Å². The first-order valence-corrected chi connectivity index (χ1v) is 2.85. The first-order chi connectivity index (χ1) is 4.22. The van der Waals surface area contributed by atoms with E-state index in [4.69, 9.17) is 17.1 Å². The zero-order valence-corrected chi connectivity index (χ0v) is 5.17. The monoisotopic (exact) mass is 129 g/mol. The standard InChI is InChI=1S/C4H11N5/c5-4-8(6)2-1-3-9(4)7/h5H,1-3,6-7H2. The number of nitrogens with two attached hydrogens (primary N) is 2. The van der Waals surface area contributed by atoms with Crippen LogP contribution in [0.4, 0.5) is 0 Å². The Morgan fingerprint density at radius 2 is 1.67 bits per heavy atom. The van der Waals surface area contributed by atoms with E-state index in [1.54, 1.807) is 0 Å². The Bertz CT molecular complexity index is 110. The first kappa shape index (κ1) is 6.31. The van der Waals surface area contributed by atoms with Crippen LogP contribution in [0.1, 0.15) is 6.42 Å². The lowest BCUT2D eigenvalue weighted by atomic mass is 10.3. The molecule has 0 unspecified atom stereocenters. The fraction of sp³-hybridized carbons (Fsp3) is 0.750. The van der Waals surface area contributed by atoms with Crippen LogP contribution in [0.15, 0.2) is 0 Å². The molecule has 0 aromatic carbocycles. The molecular weight excluding hydrogens is 118 g/mol. The Morgan fingerprint density at radius 1 is 1.22 bits per heavy atom. The van der Waals surface area contributed by atoms with Crippen molar-refractivity contribution in [3.63, 3.8) is 0 Å². The normalized spacial score (nSPS) is 20.9. The van der Waals surface area contributed by atoms with Gasteiger partial charge in [0, 0.05) is 13.1 Å². The second kappa shape index (κ2) is 2.20. The van der Waals surface area contributed by atoms with Gasteiger partial charge in [-0.05, 0) is 6.42 Å². The predicted molar refractivity (Wildman–Crippen MR) is 34.1 cm³/mol. The van der Waals surface area contributed by atoms with E-state index in [1.807, 2.05) is 0 Å². The van der Waals surface area contributed by atoms with Gasteiger partial charge in [-0.15, -0.1) is 0 Å². The minimum Gasteiger partial charge on any atom is -0.280 e. The number of nitrogens with zero attached hydrogens (tertiary/aromatic N) is 2. The van der Waals surface area contributed by atoms with E-state index in [0.717, 1.165) is 19.5 Å². The molecule has 1 saturated heterocycles. The zero-order chi connectivity index (χ0) is 6.85. The van der Waals surface area contributed by atoms with Crippen molar-refractivity contribution in [1.29, 1.82) is 5.41 Å². The van der Waals surface area contributed by atoms with Crippen molar-refractivity contribution < 1.29 is 0 Å². The maximum absolute atomic E-state index is 7.20. The Kier molecular flexibility index (Phi) is 1.54. The molecule has 1 aliphatic heterocycles. The molecule has 0 bridgehead atoms. The van der Waals surface area contributed by atoms with Crippen LogP contribution in [-0.4, -0.2) is 29.1 Å². The molecule has 5 heteroatoms. The third-order valence-electron chi connectivity index (χ3n) is 1.34. The highest BCUT2D eigenvalue weighted by Crippen LogP contribution is 1.97. The minimum atomic E-state index is 0.196. The van der Waals surface area contributed by atoms with E-state index in [-0.39, 0.29) is 5.96 Å². The first-order valence-electron chi connectivity index (χ1n) is 2.85. The summed E-state index contributed by atoms with van der Waals surface area (Å²) in [5.41, 5.74) is 0. The number of guanidine groups is 1. The lowest BCUT2D eigenvalue weighted by Crippen LogP contribution is -2.55. The SMILES string of the molecule is N=C1N(N)CCCN1N. The molecule has 1 heterocycles. The van der Waals surface area contributed by atoms with Gasteiger partial charge in [0.05, 0.1) is 0 Å². The summed E-state index contributed by atoms with van der Waals surface area (Å²) in [5, 5.41) is 9.88. The van der Waals surface area contributed by atoms with Gasteiger partial charge in [-0.25, -0.2) is 11.7 Å². The zero-order valence-electron chi connectivity index (χ0n) is 5.17. The number of nitrogens with one attached hydrogen (secondary N) is 1. The second-order valence-corrected chi connectivity index (χ2v) is 2.06. The molecule has 0 atom stereocenters. The highest BCUT2D eigenvalue weighted by Gasteiger charge is 2.15. The Hall–Kier alpha value is -0.810. The van der Waals surface area contributed by atoms with Gasteiger partial charge in [0.15, 0.2) is 0 Å². The van der Waals surface area contributed by atoms with Crippen molar-refractivity contribution >= 4 is 5.96 Å². The molecule has 52 valence electrons. The summed E-state index contributed by atoms with van der Waals surface area (Å²) in [6, 6.07) is 0. The average molecular weight is 129 g/mol. The van der Waals surface area contributed by atoms with Crippen molar-refractivity contribution in [1.82, 2.24) is 10.0 Å². The van der Waals surface area contributed by atoms with E-state index < -0.39 is 0 Å². The average Bonchev–Trinajstić information content (AvgIpc) is 1.83.